The van der Waals surface area contributed by atoms with E-state index in [1.54, 1.807) is 7.05 Å². The topological polar surface area (TPSA) is 75.9 Å². The fraction of sp³-hybridized carbons (Fsp3) is 1.00. The molecule has 1 fully saturated rings. The molecule has 7 heteroatoms. The number of nitrogens with two attached hydrogens (primary N) is 1. The lowest BCUT2D eigenvalue weighted by Crippen LogP contribution is -2.53. The molecule has 6 nitrogen and oxygen atoms in total. The SMILES string of the molecule is CC(C)N(C)S(=O)(=O)N1CCOC(CN)C1. The van der Waals surface area contributed by atoms with E-state index in [0.29, 0.717) is 26.2 Å². The van der Waals surface area contributed by atoms with Crippen molar-refractivity contribution in [3.05, 3.63) is 0 Å². The van der Waals surface area contributed by atoms with Gasteiger partial charge in [0, 0.05) is 32.7 Å². The molecular weight excluding hydrogens is 230 g/mol. The van der Waals surface area contributed by atoms with Crippen molar-refractivity contribution in [1.82, 2.24) is 8.61 Å². The van der Waals surface area contributed by atoms with E-state index in [-0.39, 0.29) is 12.1 Å². The molecule has 1 aliphatic heterocycles. The number of rotatable bonds is 4. The van der Waals surface area contributed by atoms with Gasteiger partial charge in [0.1, 0.15) is 0 Å². The standard InChI is InChI=1S/C9H21N3O3S/c1-8(2)11(3)16(13,14)12-4-5-15-9(6-10)7-12/h8-9H,4-7,10H2,1-3H3. The van der Waals surface area contributed by atoms with Crippen LogP contribution in [0.4, 0.5) is 0 Å². The number of hydrogen-bond acceptors (Lipinski definition) is 4. The zero-order chi connectivity index (χ0) is 12.3. The van der Waals surface area contributed by atoms with Crippen LogP contribution in [0.1, 0.15) is 13.8 Å². The number of morpholine rings is 1. The first-order chi connectivity index (χ1) is 7.39. The van der Waals surface area contributed by atoms with Crippen molar-refractivity contribution >= 4 is 10.2 Å². The van der Waals surface area contributed by atoms with E-state index >= 15 is 0 Å². The van der Waals surface area contributed by atoms with E-state index in [9.17, 15) is 8.42 Å². The van der Waals surface area contributed by atoms with Gasteiger partial charge in [0.15, 0.2) is 0 Å². The predicted octanol–water partition coefficient (Wildman–Crippen LogP) is -0.769. The maximum absolute atomic E-state index is 12.1. The number of hydrogen-bond donors (Lipinski definition) is 1. The average molecular weight is 251 g/mol. The molecule has 0 aromatic rings. The summed E-state index contributed by atoms with van der Waals surface area (Å²) in [5.41, 5.74) is 5.48. The lowest BCUT2D eigenvalue weighted by atomic mass is 10.3. The molecule has 0 spiro atoms. The summed E-state index contributed by atoms with van der Waals surface area (Å²) < 4.78 is 32.4. The van der Waals surface area contributed by atoms with Crippen LogP contribution in [-0.4, -0.2) is 62.5 Å². The summed E-state index contributed by atoms with van der Waals surface area (Å²) in [6.45, 7) is 5.19. The summed E-state index contributed by atoms with van der Waals surface area (Å²) in [7, 11) is -1.78. The normalized spacial score (nSPS) is 24.2. The fourth-order valence-corrected chi connectivity index (χ4v) is 3.05. The van der Waals surface area contributed by atoms with Crippen LogP contribution in [0.25, 0.3) is 0 Å². The Kier molecular flexibility index (Phi) is 4.69. The third-order valence-electron chi connectivity index (χ3n) is 2.78. The third kappa shape index (κ3) is 2.92. The molecule has 0 amide bonds. The van der Waals surface area contributed by atoms with Crippen molar-refractivity contribution in [1.29, 1.82) is 0 Å². The van der Waals surface area contributed by atoms with E-state index in [2.05, 4.69) is 0 Å². The van der Waals surface area contributed by atoms with Gasteiger partial charge >= 0.3 is 0 Å². The van der Waals surface area contributed by atoms with Gasteiger partial charge in [-0.1, -0.05) is 0 Å². The highest BCUT2D eigenvalue weighted by molar-refractivity contribution is 7.86. The van der Waals surface area contributed by atoms with Crippen LogP contribution in [0.5, 0.6) is 0 Å². The maximum Gasteiger partial charge on any atom is 0.282 e. The van der Waals surface area contributed by atoms with Crippen molar-refractivity contribution in [2.75, 3.05) is 33.3 Å². The van der Waals surface area contributed by atoms with E-state index in [4.69, 9.17) is 10.5 Å². The van der Waals surface area contributed by atoms with Crippen LogP contribution in [-0.2, 0) is 14.9 Å². The predicted molar refractivity (Wildman–Crippen MR) is 62.2 cm³/mol. The van der Waals surface area contributed by atoms with E-state index in [1.165, 1.54) is 8.61 Å². The zero-order valence-corrected chi connectivity index (χ0v) is 10.9. The smallest absolute Gasteiger partial charge is 0.282 e. The Morgan fingerprint density at radius 3 is 2.69 bits per heavy atom. The molecule has 0 aromatic heterocycles. The van der Waals surface area contributed by atoms with Crippen LogP contribution in [0.2, 0.25) is 0 Å². The first-order valence-corrected chi connectivity index (χ1v) is 6.84. The van der Waals surface area contributed by atoms with Crippen molar-refractivity contribution in [2.45, 2.75) is 26.0 Å². The van der Waals surface area contributed by atoms with Crippen molar-refractivity contribution in [2.24, 2.45) is 5.73 Å². The van der Waals surface area contributed by atoms with Crippen LogP contribution in [0, 0.1) is 0 Å². The van der Waals surface area contributed by atoms with Crippen LogP contribution in [0.3, 0.4) is 0 Å². The molecule has 1 aliphatic rings. The summed E-state index contributed by atoms with van der Waals surface area (Å²) in [5.74, 6) is 0. The van der Waals surface area contributed by atoms with Crippen molar-refractivity contribution < 1.29 is 13.2 Å². The first-order valence-electron chi connectivity index (χ1n) is 5.44. The van der Waals surface area contributed by atoms with Gasteiger partial charge in [0.05, 0.1) is 12.7 Å². The Bertz CT molecular complexity index is 318. The molecule has 0 aromatic carbocycles. The van der Waals surface area contributed by atoms with E-state index < -0.39 is 10.2 Å². The monoisotopic (exact) mass is 251 g/mol. The molecule has 1 unspecified atom stereocenters. The summed E-state index contributed by atoms with van der Waals surface area (Å²) in [6.07, 6.45) is -0.191. The van der Waals surface area contributed by atoms with Gasteiger partial charge in [-0.25, -0.2) is 0 Å². The van der Waals surface area contributed by atoms with Crippen LogP contribution in [0.15, 0.2) is 0 Å². The molecule has 0 radical (unpaired) electrons. The molecule has 1 heterocycles. The molecular formula is C9H21N3O3S. The molecule has 0 saturated carbocycles. The molecule has 1 atom stereocenters. The Labute approximate surface area is 97.5 Å². The minimum absolute atomic E-state index is 0.0517. The van der Waals surface area contributed by atoms with E-state index in [0.717, 1.165) is 0 Å². The highest BCUT2D eigenvalue weighted by Crippen LogP contribution is 2.14. The fourth-order valence-electron chi connectivity index (χ4n) is 1.49. The first kappa shape index (κ1) is 13.9. The van der Waals surface area contributed by atoms with Gasteiger partial charge in [-0.05, 0) is 13.8 Å². The summed E-state index contributed by atoms with van der Waals surface area (Å²) >= 11 is 0. The molecule has 1 saturated heterocycles. The van der Waals surface area contributed by atoms with Gasteiger partial charge < -0.3 is 10.5 Å². The quantitative estimate of drug-likeness (QED) is 0.712. The van der Waals surface area contributed by atoms with E-state index in [1.807, 2.05) is 13.8 Å². The highest BCUT2D eigenvalue weighted by Gasteiger charge is 2.32. The highest BCUT2D eigenvalue weighted by atomic mass is 32.2. The Balaban J connectivity index is 2.75. The molecule has 0 bridgehead atoms. The second kappa shape index (κ2) is 5.42. The minimum atomic E-state index is -3.37. The lowest BCUT2D eigenvalue weighted by molar-refractivity contribution is 0.00267. The maximum atomic E-state index is 12.1. The molecule has 0 aliphatic carbocycles. The largest absolute Gasteiger partial charge is 0.374 e. The summed E-state index contributed by atoms with van der Waals surface area (Å²) in [6, 6.07) is -0.0517. The Morgan fingerprint density at radius 1 is 1.56 bits per heavy atom. The molecule has 16 heavy (non-hydrogen) atoms. The van der Waals surface area contributed by atoms with Gasteiger partial charge in [-0.2, -0.15) is 17.0 Å². The Morgan fingerprint density at radius 2 is 2.19 bits per heavy atom. The number of ether oxygens (including phenoxy) is 1. The molecule has 2 N–H and O–H groups in total. The second-order valence-corrected chi connectivity index (χ2v) is 6.19. The van der Waals surface area contributed by atoms with Crippen LogP contribution >= 0.6 is 0 Å². The summed E-state index contributed by atoms with van der Waals surface area (Å²) in [5, 5.41) is 0. The Hall–Kier alpha value is -0.210. The van der Waals surface area contributed by atoms with Gasteiger partial charge in [-0.3, -0.25) is 0 Å². The van der Waals surface area contributed by atoms with Crippen LogP contribution < -0.4 is 5.73 Å². The van der Waals surface area contributed by atoms with Gasteiger partial charge in [0.25, 0.3) is 10.2 Å². The summed E-state index contributed by atoms with van der Waals surface area (Å²) in [4.78, 5) is 0. The number of nitrogens with zero attached hydrogens (tertiary/aromatic N) is 2. The van der Waals surface area contributed by atoms with Crippen molar-refractivity contribution in [3.63, 3.8) is 0 Å². The van der Waals surface area contributed by atoms with Crippen molar-refractivity contribution in [3.8, 4) is 0 Å². The van der Waals surface area contributed by atoms with Gasteiger partial charge in [-0.15, -0.1) is 0 Å². The average Bonchev–Trinajstić information content (AvgIpc) is 2.27. The zero-order valence-electron chi connectivity index (χ0n) is 10.1. The minimum Gasteiger partial charge on any atom is -0.374 e. The van der Waals surface area contributed by atoms with Gasteiger partial charge in [0.2, 0.25) is 0 Å². The second-order valence-electron chi connectivity index (χ2n) is 4.20. The third-order valence-corrected chi connectivity index (χ3v) is 4.92. The molecule has 1 rings (SSSR count). The molecule has 96 valence electrons. The lowest BCUT2D eigenvalue weighted by Gasteiger charge is -2.35.